The molecule has 0 bridgehead atoms. The summed E-state index contributed by atoms with van der Waals surface area (Å²) in [5.41, 5.74) is 2.91. The number of aromatic nitrogens is 3. The summed E-state index contributed by atoms with van der Waals surface area (Å²) in [5.74, 6) is 0.524. The van der Waals surface area contributed by atoms with Gasteiger partial charge in [-0.1, -0.05) is 36.8 Å². The zero-order valence-electron chi connectivity index (χ0n) is 25.4. The van der Waals surface area contributed by atoms with Crippen LogP contribution in [0.3, 0.4) is 0 Å². The van der Waals surface area contributed by atoms with Gasteiger partial charge in [-0.3, -0.25) is 19.5 Å². The average molecular weight is 660 g/mol. The number of nitrogens with zero attached hydrogens (tertiary/aromatic N) is 5. The Bertz CT molecular complexity index is 2080. The van der Waals surface area contributed by atoms with Gasteiger partial charge in [0.1, 0.15) is 0 Å². The highest BCUT2D eigenvalue weighted by molar-refractivity contribution is 7.99. The van der Waals surface area contributed by atoms with Gasteiger partial charge in [-0.15, -0.1) is 0 Å². The fourth-order valence-electron chi connectivity index (χ4n) is 5.36. The van der Waals surface area contributed by atoms with Gasteiger partial charge in [-0.05, 0) is 80.4 Å². The highest BCUT2D eigenvalue weighted by atomic mass is 32.2. The highest BCUT2D eigenvalue weighted by Gasteiger charge is 2.35. The first kappa shape index (κ1) is 31.2. The first-order valence-corrected chi connectivity index (χ1v) is 16.2. The largest absolute Gasteiger partial charge is 0.463 e. The number of carbonyl (C=O) groups excluding carboxylic acids is 1. The maximum Gasteiger partial charge on any atom is 0.338 e. The van der Waals surface area contributed by atoms with Crippen molar-refractivity contribution in [2.24, 2.45) is 4.99 Å². The number of rotatable bonds is 9. The summed E-state index contributed by atoms with van der Waals surface area (Å²) >= 11 is 2.26. The van der Waals surface area contributed by atoms with Crippen molar-refractivity contribution in [3.63, 3.8) is 0 Å². The average Bonchev–Trinajstić information content (AvgIpc) is 3.60. The lowest BCUT2D eigenvalue weighted by atomic mass is 9.94. The molecule has 0 N–H and O–H groups in total. The lowest BCUT2D eigenvalue weighted by molar-refractivity contribution is -0.387. The van der Waals surface area contributed by atoms with Crippen LogP contribution in [0.15, 0.2) is 73.6 Å². The van der Waals surface area contributed by atoms with Crippen LogP contribution in [0.1, 0.15) is 55.2 Å². The van der Waals surface area contributed by atoms with Gasteiger partial charge in [0, 0.05) is 17.5 Å². The zero-order chi connectivity index (χ0) is 32.5. The third kappa shape index (κ3) is 6.05. The smallest absolute Gasteiger partial charge is 0.338 e. The highest BCUT2D eigenvalue weighted by Crippen LogP contribution is 2.39. The van der Waals surface area contributed by atoms with Crippen molar-refractivity contribution in [2.75, 3.05) is 13.4 Å². The molecule has 0 aliphatic carbocycles. The molecule has 14 heteroatoms. The number of carbonyl (C=O) groups is 1. The minimum Gasteiger partial charge on any atom is -0.463 e. The van der Waals surface area contributed by atoms with Crippen molar-refractivity contribution in [1.29, 1.82) is 0 Å². The number of benzene rings is 2. The van der Waals surface area contributed by atoms with Gasteiger partial charge < -0.3 is 14.2 Å². The molecule has 12 nitrogen and oxygen atoms in total. The van der Waals surface area contributed by atoms with Gasteiger partial charge >= 0.3 is 5.97 Å². The van der Waals surface area contributed by atoms with Gasteiger partial charge in [0.25, 0.3) is 11.2 Å². The van der Waals surface area contributed by atoms with E-state index in [-0.39, 0.29) is 24.7 Å². The lowest BCUT2D eigenvalue weighted by Crippen LogP contribution is -2.40. The predicted octanol–water partition coefficient (Wildman–Crippen LogP) is 4.77. The van der Waals surface area contributed by atoms with Crippen molar-refractivity contribution in [2.45, 2.75) is 56.6 Å². The molecular weight excluding hydrogens is 631 g/mol. The standard InChI is InChI=1S/C32H29N5O7S2/c1-5-7-21-27(30(39)42-6-2)28(20-9-10-23-24(15-20)44-16-43-23)36-29(38)26(46-32(36)35-21)14-19-8-11-25(22(13-19)37(40)41)45-31-33-17(3)12-18(4)34-31/h8-15,28H,5-7,16H2,1-4H3/b26-14+/t28-/m0/s1. The van der Waals surface area contributed by atoms with Crippen LogP contribution >= 0.6 is 23.1 Å². The number of fused-ring (bicyclic) bond motifs is 2. The predicted molar refractivity (Wildman–Crippen MR) is 171 cm³/mol. The summed E-state index contributed by atoms with van der Waals surface area (Å²) in [6.45, 7) is 7.61. The molecule has 2 aromatic heterocycles. The molecule has 0 amide bonds. The van der Waals surface area contributed by atoms with Crippen LogP contribution in [0.2, 0.25) is 0 Å². The van der Waals surface area contributed by atoms with Gasteiger partial charge in [-0.2, -0.15) is 0 Å². The molecule has 2 aliphatic rings. The number of nitro groups is 1. The van der Waals surface area contributed by atoms with E-state index in [0.717, 1.165) is 34.5 Å². The second-order valence-electron chi connectivity index (χ2n) is 10.5. The summed E-state index contributed by atoms with van der Waals surface area (Å²) in [5, 5.41) is 12.5. The molecule has 6 rings (SSSR count). The van der Waals surface area contributed by atoms with Gasteiger partial charge in [-0.25, -0.2) is 19.8 Å². The van der Waals surface area contributed by atoms with E-state index in [1.807, 2.05) is 26.8 Å². The normalized spacial score (nSPS) is 15.5. The Morgan fingerprint density at radius 1 is 1.13 bits per heavy atom. The van der Waals surface area contributed by atoms with Crippen molar-refractivity contribution >= 4 is 40.8 Å². The summed E-state index contributed by atoms with van der Waals surface area (Å²) in [6, 6.07) is 11.1. The molecule has 46 heavy (non-hydrogen) atoms. The van der Waals surface area contributed by atoms with E-state index in [2.05, 4.69) is 9.97 Å². The Hall–Kier alpha value is -4.82. The first-order chi connectivity index (χ1) is 22.2. The van der Waals surface area contributed by atoms with Crippen LogP contribution in [-0.4, -0.2) is 38.8 Å². The molecule has 1 atom stereocenters. The monoisotopic (exact) mass is 659 g/mol. The molecule has 0 unspecified atom stereocenters. The number of nitro benzene ring substituents is 1. The van der Waals surface area contributed by atoms with E-state index in [0.29, 0.717) is 60.6 Å². The summed E-state index contributed by atoms with van der Waals surface area (Å²) in [7, 11) is 0. The second-order valence-corrected chi connectivity index (χ2v) is 12.6. The van der Waals surface area contributed by atoms with E-state index in [4.69, 9.17) is 19.2 Å². The number of thiazole rings is 1. The van der Waals surface area contributed by atoms with Gasteiger partial charge in [0.15, 0.2) is 21.5 Å². The summed E-state index contributed by atoms with van der Waals surface area (Å²) < 4.78 is 18.3. The number of allylic oxidation sites excluding steroid dienone is 1. The molecule has 2 aliphatic heterocycles. The Labute approximate surface area is 271 Å². The SMILES string of the molecule is CCCC1=C(C(=O)OCC)[C@H](c2ccc3c(c2)OCO3)n2c(s/c(=C/c3ccc(Sc4nc(C)cc(C)n4)c([N+](=O)[O-])c3)c2=O)=N1. The van der Waals surface area contributed by atoms with Crippen molar-refractivity contribution < 1.29 is 23.9 Å². The van der Waals surface area contributed by atoms with Crippen LogP contribution in [-0.2, 0) is 9.53 Å². The van der Waals surface area contributed by atoms with Crippen LogP contribution < -0.4 is 24.4 Å². The van der Waals surface area contributed by atoms with E-state index in [9.17, 15) is 19.7 Å². The number of aryl methyl sites for hydroxylation is 2. The molecule has 0 radical (unpaired) electrons. The molecule has 0 spiro atoms. The maximum atomic E-state index is 14.1. The van der Waals surface area contributed by atoms with Crippen LogP contribution in [0.5, 0.6) is 11.5 Å². The van der Waals surface area contributed by atoms with E-state index in [1.165, 1.54) is 10.6 Å². The molecule has 2 aromatic carbocycles. The second kappa shape index (κ2) is 12.9. The Balaban J connectivity index is 1.48. The quantitative estimate of drug-likeness (QED) is 0.106. The van der Waals surface area contributed by atoms with Crippen molar-refractivity contribution in [3.05, 3.63) is 106 Å². The van der Waals surface area contributed by atoms with E-state index in [1.54, 1.807) is 43.3 Å². The molecule has 0 saturated heterocycles. The lowest BCUT2D eigenvalue weighted by Gasteiger charge is -2.25. The van der Waals surface area contributed by atoms with E-state index >= 15 is 0 Å². The topological polar surface area (TPSA) is 148 Å². The molecule has 0 fully saturated rings. The van der Waals surface area contributed by atoms with Crippen molar-refractivity contribution in [1.82, 2.24) is 14.5 Å². The van der Waals surface area contributed by atoms with Crippen LogP contribution in [0.25, 0.3) is 6.08 Å². The van der Waals surface area contributed by atoms with E-state index < -0.39 is 22.5 Å². The molecule has 236 valence electrons. The zero-order valence-corrected chi connectivity index (χ0v) is 27.1. The minimum absolute atomic E-state index is 0.0737. The molecule has 0 saturated carbocycles. The van der Waals surface area contributed by atoms with Crippen LogP contribution in [0, 0.1) is 24.0 Å². The van der Waals surface area contributed by atoms with Gasteiger partial charge in [0.2, 0.25) is 6.79 Å². The number of hydrogen-bond donors (Lipinski definition) is 0. The van der Waals surface area contributed by atoms with Crippen molar-refractivity contribution in [3.8, 4) is 11.5 Å². The third-order valence-corrected chi connectivity index (χ3v) is 9.16. The molecular formula is C32H29N5O7S2. The summed E-state index contributed by atoms with van der Waals surface area (Å²) in [6.07, 6.45) is 2.81. The Morgan fingerprint density at radius 2 is 1.89 bits per heavy atom. The first-order valence-electron chi connectivity index (χ1n) is 14.6. The maximum absolute atomic E-state index is 14.1. The fourth-order valence-corrected chi connectivity index (χ4v) is 7.33. The number of ether oxygens (including phenoxy) is 3. The molecule has 4 aromatic rings. The van der Waals surface area contributed by atoms with Gasteiger partial charge in [0.05, 0.1) is 38.3 Å². The van der Waals surface area contributed by atoms with Crippen LogP contribution in [0.4, 0.5) is 5.69 Å². The fraction of sp³-hybridized carbons (Fsp3) is 0.281. The Kier molecular flexibility index (Phi) is 8.73. The number of hydrogen-bond acceptors (Lipinski definition) is 12. The third-order valence-electron chi connectivity index (χ3n) is 7.25. The number of esters is 1. The summed E-state index contributed by atoms with van der Waals surface area (Å²) in [4.78, 5) is 53.5. The Morgan fingerprint density at radius 3 is 2.61 bits per heavy atom. The molecule has 4 heterocycles. The minimum atomic E-state index is -0.834.